The van der Waals surface area contributed by atoms with E-state index in [1.807, 2.05) is 6.92 Å². The Morgan fingerprint density at radius 3 is 3.06 bits per heavy atom. The topological polar surface area (TPSA) is 71.5 Å². The maximum atomic E-state index is 11.6. The molecule has 0 radical (unpaired) electrons. The largest absolute Gasteiger partial charge is 0.505 e. The molecule has 1 unspecified atom stereocenters. The number of ether oxygens (including phenoxy) is 1. The lowest BCUT2D eigenvalue weighted by atomic mass is 10.2. The third-order valence-corrected chi connectivity index (χ3v) is 2.11. The number of amides is 1. The molecule has 1 amide bonds. The first-order valence-electron chi connectivity index (χ1n) is 5.05. The van der Waals surface area contributed by atoms with Gasteiger partial charge in [-0.1, -0.05) is 6.92 Å². The van der Waals surface area contributed by atoms with Crippen molar-refractivity contribution in [1.82, 2.24) is 10.3 Å². The Hall–Kier alpha value is -1.62. The molecule has 0 spiro atoms. The third-order valence-electron chi connectivity index (χ3n) is 2.11. The molecule has 1 heterocycles. The van der Waals surface area contributed by atoms with E-state index in [0.717, 1.165) is 0 Å². The van der Waals surface area contributed by atoms with Crippen molar-refractivity contribution in [3.8, 4) is 5.75 Å². The second kappa shape index (κ2) is 6.07. The summed E-state index contributed by atoms with van der Waals surface area (Å²) in [5.74, 6) is -0.180. The van der Waals surface area contributed by atoms with Crippen LogP contribution < -0.4 is 5.32 Å². The van der Waals surface area contributed by atoms with Gasteiger partial charge in [-0.3, -0.25) is 9.78 Å². The highest BCUT2D eigenvalue weighted by molar-refractivity contribution is 5.96. The van der Waals surface area contributed by atoms with Gasteiger partial charge in [-0.15, -0.1) is 0 Å². The Morgan fingerprint density at radius 1 is 1.69 bits per heavy atom. The van der Waals surface area contributed by atoms with Gasteiger partial charge in [0, 0.05) is 19.9 Å². The Morgan fingerprint density at radius 2 is 2.44 bits per heavy atom. The molecule has 1 aromatic rings. The first-order chi connectivity index (χ1) is 7.65. The van der Waals surface area contributed by atoms with Crippen molar-refractivity contribution in [2.75, 3.05) is 20.3 Å². The molecule has 1 atom stereocenters. The molecule has 5 heteroatoms. The maximum Gasteiger partial charge on any atom is 0.255 e. The first-order valence-corrected chi connectivity index (χ1v) is 5.05. The average molecular weight is 224 g/mol. The monoisotopic (exact) mass is 224 g/mol. The maximum absolute atomic E-state index is 11.6. The lowest BCUT2D eigenvalue weighted by molar-refractivity contribution is 0.0931. The first kappa shape index (κ1) is 12.4. The second-order valence-electron chi connectivity index (χ2n) is 3.66. The van der Waals surface area contributed by atoms with Crippen molar-refractivity contribution in [2.24, 2.45) is 5.92 Å². The van der Waals surface area contributed by atoms with Crippen LogP contribution in [0.2, 0.25) is 0 Å². The van der Waals surface area contributed by atoms with Gasteiger partial charge in [0.15, 0.2) is 0 Å². The molecule has 0 aromatic carbocycles. The summed E-state index contributed by atoms with van der Waals surface area (Å²) < 4.78 is 4.95. The Balaban J connectivity index is 2.50. The van der Waals surface area contributed by atoms with Crippen LogP contribution in [0.25, 0.3) is 0 Å². The number of aromatic nitrogens is 1. The van der Waals surface area contributed by atoms with E-state index in [9.17, 15) is 9.90 Å². The molecule has 1 rings (SSSR count). The molecular formula is C11H16N2O3. The number of aromatic hydroxyl groups is 1. The van der Waals surface area contributed by atoms with Crippen LogP contribution in [0.15, 0.2) is 18.5 Å². The summed E-state index contributed by atoms with van der Waals surface area (Å²) in [6.45, 7) is 3.06. The van der Waals surface area contributed by atoms with Gasteiger partial charge in [-0.2, -0.15) is 0 Å². The summed E-state index contributed by atoms with van der Waals surface area (Å²) in [6.07, 6.45) is 2.71. The van der Waals surface area contributed by atoms with E-state index in [-0.39, 0.29) is 23.1 Å². The normalized spacial score (nSPS) is 12.1. The highest BCUT2D eigenvalue weighted by Crippen LogP contribution is 2.13. The molecule has 0 aliphatic heterocycles. The Bertz CT molecular complexity index is 355. The molecule has 2 N–H and O–H groups in total. The highest BCUT2D eigenvalue weighted by atomic mass is 16.5. The summed E-state index contributed by atoms with van der Waals surface area (Å²) in [5.41, 5.74) is 0.236. The van der Waals surface area contributed by atoms with E-state index in [2.05, 4.69) is 10.3 Å². The molecule has 0 bridgehead atoms. The van der Waals surface area contributed by atoms with Gasteiger partial charge in [0.25, 0.3) is 5.91 Å². The van der Waals surface area contributed by atoms with Crippen LogP contribution in [0.4, 0.5) is 0 Å². The summed E-state index contributed by atoms with van der Waals surface area (Å²) in [5, 5.41) is 12.1. The zero-order valence-electron chi connectivity index (χ0n) is 9.43. The smallest absolute Gasteiger partial charge is 0.255 e. The van der Waals surface area contributed by atoms with Crippen molar-refractivity contribution in [3.05, 3.63) is 24.0 Å². The highest BCUT2D eigenvalue weighted by Gasteiger charge is 2.11. The SMILES string of the molecule is COCC(C)CNC(=O)c1ccncc1O. The minimum atomic E-state index is -0.303. The van der Waals surface area contributed by atoms with Crippen LogP contribution in [0.5, 0.6) is 5.75 Å². The predicted molar refractivity (Wildman–Crippen MR) is 59.3 cm³/mol. The summed E-state index contributed by atoms with van der Waals surface area (Å²) in [6, 6.07) is 1.48. The number of carbonyl (C=O) groups excluding carboxylic acids is 1. The van der Waals surface area contributed by atoms with Crippen LogP contribution in [0.3, 0.4) is 0 Å². The number of pyridine rings is 1. The third kappa shape index (κ3) is 3.51. The number of nitrogens with one attached hydrogen (secondary N) is 1. The van der Waals surface area contributed by atoms with E-state index in [1.165, 1.54) is 18.5 Å². The number of nitrogens with zero attached hydrogens (tertiary/aromatic N) is 1. The van der Waals surface area contributed by atoms with Gasteiger partial charge in [-0.05, 0) is 12.0 Å². The van der Waals surface area contributed by atoms with E-state index in [1.54, 1.807) is 7.11 Å². The molecule has 16 heavy (non-hydrogen) atoms. The summed E-state index contributed by atoms with van der Waals surface area (Å²) >= 11 is 0. The van der Waals surface area contributed by atoms with Gasteiger partial charge in [0.2, 0.25) is 0 Å². The van der Waals surface area contributed by atoms with Gasteiger partial charge in [0.1, 0.15) is 5.75 Å². The van der Waals surface area contributed by atoms with Crippen LogP contribution in [-0.4, -0.2) is 36.3 Å². The van der Waals surface area contributed by atoms with Crippen LogP contribution in [-0.2, 0) is 4.74 Å². The van der Waals surface area contributed by atoms with Crippen LogP contribution in [0.1, 0.15) is 17.3 Å². The zero-order valence-corrected chi connectivity index (χ0v) is 9.43. The molecule has 88 valence electrons. The second-order valence-corrected chi connectivity index (χ2v) is 3.66. The Kier molecular flexibility index (Phi) is 4.72. The summed E-state index contributed by atoms with van der Waals surface area (Å²) in [4.78, 5) is 15.3. The number of methoxy groups -OCH3 is 1. The fourth-order valence-corrected chi connectivity index (χ4v) is 1.28. The predicted octanol–water partition coefficient (Wildman–Crippen LogP) is 0.799. The van der Waals surface area contributed by atoms with Gasteiger partial charge < -0.3 is 15.2 Å². The van der Waals surface area contributed by atoms with Gasteiger partial charge >= 0.3 is 0 Å². The molecule has 0 aliphatic carbocycles. The van der Waals surface area contributed by atoms with E-state index in [0.29, 0.717) is 13.2 Å². The van der Waals surface area contributed by atoms with Crippen LogP contribution >= 0.6 is 0 Å². The van der Waals surface area contributed by atoms with Gasteiger partial charge in [0.05, 0.1) is 18.4 Å². The van der Waals surface area contributed by atoms with Crippen molar-refractivity contribution in [2.45, 2.75) is 6.92 Å². The lowest BCUT2D eigenvalue weighted by Gasteiger charge is -2.11. The number of rotatable bonds is 5. The molecular weight excluding hydrogens is 208 g/mol. The summed E-state index contributed by atoms with van der Waals surface area (Å²) in [7, 11) is 1.62. The van der Waals surface area contributed by atoms with Crippen molar-refractivity contribution in [1.29, 1.82) is 0 Å². The van der Waals surface area contributed by atoms with E-state index >= 15 is 0 Å². The van der Waals surface area contributed by atoms with Crippen LogP contribution in [0, 0.1) is 5.92 Å². The average Bonchev–Trinajstić information content (AvgIpc) is 2.27. The fourth-order valence-electron chi connectivity index (χ4n) is 1.28. The number of hydrogen-bond donors (Lipinski definition) is 2. The quantitative estimate of drug-likeness (QED) is 0.776. The van der Waals surface area contributed by atoms with Crippen molar-refractivity contribution < 1.29 is 14.6 Å². The molecule has 0 fully saturated rings. The minimum absolute atomic E-state index is 0.112. The molecule has 0 saturated carbocycles. The molecule has 1 aromatic heterocycles. The zero-order chi connectivity index (χ0) is 12.0. The standard InChI is InChI=1S/C11H16N2O3/c1-8(7-16-2)5-13-11(15)9-3-4-12-6-10(9)14/h3-4,6,8,14H,5,7H2,1-2H3,(H,13,15). The van der Waals surface area contributed by atoms with Gasteiger partial charge in [-0.25, -0.2) is 0 Å². The van der Waals surface area contributed by atoms with Crippen molar-refractivity contribution in [3.63, 3.8) is 0 Å². The van der Waals surface area contributed by atoms with E-state index in [4.69, 9.17) is 4.74 Å². The van der Waals surface area contributed by atoms with Crippen molar-refractivity contribution >= 4 is 5.91 Å². The minimum Gasteiger partial charge on any atom is -0.505 e. The lowest BCUT2D eigenvalue weighted by Crippen LogP contribution is -2.29. The molecule has 5 nitrogen and oxygen atoms in total. The number of hydrogen-bond acceptors (Lipinski definition) is 4. The fraction of sp³-hybridized carbons (Fsp3) is 0.455. The van der Waals surface area contributed by atoms with E-state index < -0.39 is 0 Å². The molecule has 0 saturated heterocycles. The number of carbonyl (C=O) groups is 1. The molecule has 0 aliphatic rings. The Labute approximate surface area is 94.5 Å².